The lowest BCUT2D eigenvalue weighted by molar-refractivity contribution is -0.118. The van der Waals surface area contributed by atoms with Gasteiger partial charge in [-0.2, -0.15) is 0 Å². The lowest BCUT2D eigenvalue weighted by Gasteiger charge is -2.19. The molecule has 10 heteroatoms. The molecule has 3 rings (SSSR count). The van der Waals surface area contributed by atoms with Crippen LogP contribution in [0.2, 0.25) is 5.02 Å². The second-order valence-corrected chi connectivity index (χ2v) is 9.25. The molecule has 0 saturated heterocycles. The Kier molecular flexibility index (Phi) is 5.99. The van der Waals surface area contributed by atoms with Crippen molar-refractivity contribution >= 4 is 44.6 Å². The molecule has 0 aromatic heterocycles. The molecule has 0 spiro atoms. The van der Waals surface area contributed by atoms with Crippen LogP contribution in [-0.2, 0) is 19.4 Å². The highest BCUT2D eigenvalue weighted by molar-refractivity contribution is 7.92. The number of methoxy groups -OCH3 is 1. The number of carbonyl (C=O) groups excluding carboxylic acids is 2. The van der Waals surface area contributed by atoms with Gasteiger partial charge >= 0.3 is 0 Å². The van der Waals surface area contributed by atoms with Crippen LogP contribution in [0.3, 0.4) is 0 Å². The van der Waals surface area contributed by atoms with Gasteiger partial charge in [0, 0.05) is 17.5 Å². The smallest absolute Gasteiger partial charge is 0.262 e. The Bertz CT molecular complexity index is 1070. The number of hydrogen-bond donors (Lipinski definition) is 2. The minimum atomic E-state index is -3.81. The number of nitrogens with one attached hydrogen (secondary N) is 2. The van der Waals surface area contributed by atoms with Crippen LogP contribution in [0.4, 0.5) is 11.4 Å². The quantitative estimate of drug-likeness (QED) is 0.717. The van der Waals surface area contributed by atoms with Crippen molar-refractivity contribution in [1.29, 1.82) is 0 Å². The van der Waals surface area contributed by atoms with Crippen LogP contribution >= 0.6 is 11.6 Å². The number of sulfone groups is 1. The number of ether oxygens (including phenoxy) is 2. The number of carbonyl (C=O) groups is 2. The zero-order valence-electron chi connectivity index (χ0n) is 15.7. The normalized spacial score (nSPS) is 14.2. The van der Waals surface area contributed by atoms with Gasteiger partial charge in [-0.05, 0) is 37.3 Å². The first-order chi connectivity index (χ1) is 13.7. The van der Waals surface area contributed by atoms with Crippen LogP contribution < -0.4 is 20.1 Å². The van der Waals surface area contributed by atoms with Crippen molar-refractivity contribution < 1.29 is 27.5 Å². The van der Waals surface area contributed by atoms with E-state index in [1.807, 2.05) is 0 Å². The predicted molar refractivity (Wildman–Crippen MR) is 108 cm³/mol. The van der Waals surface area contributed by atoms with Crippen LogP contribution in [0.5, 0.6) is 11.5 Å². The van der Waals surface area contributed by atoms with Crippen molar-refractivity contribution in [2.75, 3.05) is 24.4 Å². The van der Waals surface area contributed by atoms with Gasteiger partial charge in [0.05, 0.1) is 28.6 Å². The maximum Gasteiger partial charge on any atom is 0.262 e. The molecule has 0 saturated carbocycles. The predicted octanol–water partition coefficient (Wildman–Crippen LogP) is 2.87. The number of anilines is 2. The number of halogens is 1. The topological polar surface area (TPSA) is 111 Å². The zero-order valence-corrected chi connectivity index (χ0v) is 17.3. The molecule has 1 aliphatic heterocycles. The summed E-state index contributed by atoms with van der Waals surface area (Å²) >= 11 is 5.94. The number of fused-ring (bicyclic) bond motifs is 1. The lowest BCUT2D eigenvalue weighted by atomic mass is 10.2. The maximum absolute atomic E-state index is 12.9. The molecule has 1 aliphatic rings. The Labute approximate surface area is 173 Å². The molecular weight excluding hydrogens is 420 g/mol. The summed E-state index contributed by atoms with van der Waals surface area (Å²) in [6.07, 6.45) is -0.271. The van der Waals surface area contributed by atoms with Crippen molar-refractivity contribution in [3.63, 3.8) is 0 Å². The summed E-state index contributed by atoms with van der Waals surface area (Å²) < 4.78 is 36.2. The molecule has 29 heavy (non-hydrogen) atoms. The number of amides is 2. The van der Waals surface area contributed by atoms with Crippen LogP contribution in [0, 0.1) is 0 Å². The summed E-state index contributed by atoms with van der Waals surface area (Å²) in [6.45, 7) is 1.27. The van der Waals surface area contributed by atoms with Gasteiger partial charge in [-0.25, -0.2) is 8.42 Å². The first kappa shape index (κ1) is 20.9. The van der Waals surface area contributed by atoms with Crippen LogP contribution in [0.15, 0.2) is 41.3 Å². The molecule has 1 atom stereocenters. The SMILES string of the molecule is COc1ccc(Cl)cc1NC(=O)CC(C)S(=O)(=O)c1ccc2c(c1)OCC(=O)N2. The van der Waals surface area contributed by atoms with Crippen molar-refractivity contribution in [3.8, 4) is 11.5 Å². The van der Waals surface area contributed by atoms with E-state index in [1.165, 1.54) is 38.3 Å². The third-order valence-corrected chi connectivity index (χ3v) is 6.72. The second-order valence-electron chi connectivity index (χ2n) is 6.45. The van der Waals surface area contributed by atoms with Crippen molar-refractivity contribution in [1.82, 2.24) is 0 Å². The Morgan fingerprint density at radius 2 is 2.07 bits per heavy atom. The summed E-state index contributed by atoms with van der Waals surface area (Å²) in [4.78, 5) is 23.7. The summed E-state index contributed by atoms with van der Waals surface area (Å²) in [5, 5.41) is 4.63. The van der Waals surface area contributed by atoms with E-state index in [0.717, 1.165) is 0 Å². The van der Waals surface area contributed by atoms with Gasteiger partial charge in [-0.15, -0.1) is 0 Å². The van der Waals surface area contributed by atoms with Gasteiger partial charge in [-0.3, -0.25) is 9.59 Å². The molecule has 0 fully saturated rings. The van der Waals surface area contributed by atoms with Gasteiger partial charge in [0.25, 0.3) is 5.91 Å². The van der Waals surface area contributed by atoms with Gasteiger partial charge in [0.1, 0.15) is 11.5 Å². The molecule has 1 heterocycles. The van der Waals surface area contributed by atoms with Crippen LogP contribution in [-0.4, -0.2) is 39.2 Å². The van der Waals surface area contributed by atoms with Crippen molar-refractivity contribution in [3.05, 3.63) is 41.4 Å². The van der Waals surface area contributed by atoms with E-state index >= 15 is 0 Å². The zero-order chi connectivity index (χ0) is 21.2. The third-order valence-electron chi connectivity index (χ3n) is 4.35. The van der Waals surface area contributed by atoms with E-state index in [9.17, 15) is 18.0 Å². The highest BCUT2D eigenvalue weighted by atomic mass is 35.5. The molecule has 8 nitrogen and oxygen atoms in total. The monoisotopic (exact) mass is 438 g/mol. The summed E-state index contributed by atoms with van der Waals surface area (Å²) in [5.74, 6) is -0.129. The minimum absolute atomic E-state index is 0.00744. The Morgan fingerprint density at radius 1 is 1.31 bits per heavy atom. The van der Waals surface area contributed by atoms with Crippen LogP contribution in [0.1, 0.15) is 13.3 Å². The van der Waals surface area contributed by atoms with E-state index < -0.39 is 21.0 Å². The first-order valence-electron chi connectivity index (χ1n) is 8.64. The molecule has 2 aromatic carbocycles. The third kappa shape index (κ3) is 4.63. The average molecular weight is 439 g/mol. The molecule has 2 amide bonds. The molecule has 2 aromatic rings. The van der Waals surface area contributed by atoms with E-state index in [1.54, 1.807) is 12.1 Å². The molecule has 0 bridgehead atoms. The number of rotatable bonds is 6. The standard InChI is InChI=1S/C19H19ClN2O6S/c1-11(7-18(23)22-15-8-12(20)3-6-16(15)27-2)29(25,26)13-4-5-14-17(9-13)28-10-19(24)21-14/h3-6,8-9,11H,7,10H2,1-2H3,(H,21,24)(H,22,23). The first-order valence-corrected chi connectivity index (χ1v) is 10.6. The highest BCUT2D eigenvalue weighted by Gasteiger charge is 2.28. The fourth-order valence-electron chi connectivity index (χ4n) is 2.81. The Balaban J connectivity index is 1.74. The summed E-state index contributed by atoms with van der Waals surface area (Å²) in [6, 6.07) is 8.92. The summed E-state index contributed by atoms with van der Waals surface area (Å²) in [5.41, 5.74) is 0.756. The molecule has 2 N–H and O–H groups in total. The van der Waals surface area contributed by atoms with E-state index in [4.69, 9.17) is 21.1 Å². The summed E-state index contributed by atoms with van der Waals surface area (Å²) in [7, 11) is -2.36. The maximum atomic E-state index is 12.9. The lowest BCUT2D eigenvalue weighted by Crippen LogP contribution is -2.27. The number of benzene rings is 2. The minimum Gasteiger partial charge on any atom is -0.495 e. The molecule has 0 aliphatic carbocycles. The van der Waals surface area contributed by atoms with Gasteiger partial charge in [0.2, 0.25) is 5.91 Å². The molecular formula is C19H19ClN2O6S. The molecule has 154 valence electrons. The average Bonchev–Trinajstić information content (AvgIpc) is 2.67. The number of hydrogen-bond acceptors (Lipinski definition) is 6. The Morgan fingerprint density at radius 3 is 2.79 bits per heavy atom. The van der Waals surface area contributed by atoms with Gasteiger partial charge in [-0.1, -0.05) is 11.6 Å². The van der Waals surface area contributed by atoms with Crippen molar-refractivity contribution in [2.24, 2.45) is 0 Å². The van der Waals surface area contributed by atoms with E-state index in [0.29, 0.717) is 22.1 Å². The molecule has 0 radical (unpaired) electrons. The van der Waals surface area contributed by atoms with Gasteiger partial charge in [0.15, 0.2) is 16.4 Å². The van der Waals surface area contributed by atoms with Crippen molar-refractivity contribution in [2.45, 2.75) is 23.5 Å². The van der Waals surface area contributed by atoms with E-state index in [-0.39, 0.29) is 29.6 Å². The Hall–Kier alpha value is -2.78. The molecule has 1 unspecified atom stereocenters. The fourth-order valence-corrected chi connectivity index (χ4v) is 4.35. The van der Waals surface area contributed by atoms with E-state index in [2.05, 4.69) is 10.6 Å². The fraction of sp³-hybridized carbons (Fsp3) is 0.263. The van der Waals surface area contributed by atoms with Crippen LogP contribution in [0.25, 0.3) is 0 Å². The second kappa shape index (κ2) is 8.30. The largest absolute Gasteiger partial charge is 0.495 e. The highest BCUT2D eigenvalue weighted by Crippen LogP contribution is 2.32. The van der Waals surface area contributed by atoms with Gasteiger partial charge < -0.3 is 20.1 Å².